The lowest BCUT2D eigenvalue weighted by Gasteiger charge is -2.38. The Morgan fingerprint density at radius 2 is 1.57 bits per heavy atom. The van der Waals surface area contributed by atoms with Crippen LogP contribution in [0.1, 0.15) is 88.0 Å². The maximum atomic E-state index is 13.9. The van der Waals surface area contributed by atoms with E-state index < -0.39 is 52.6 Å². The van der Waals surface area contributed by atoms with E-state index in [1.165, 1.54) is 6.92 Å². The predicted octanol–water partition coefficient (Wildman–Crippen LogP) is 2.81. The van der Waals surface area contributed by atoms with Crippen molar-refractivity contribution in [3.05, 3.63) is 0 Å². The Bertz CT molecular complexity index is 957. The smallest absolute Gasteiger partial charge is 0.315 e. The molecule has 9 nitrogen and oxygen atoms in total. The van der Waals surface area contributed by atoms with Crippen molar-refractivity contribution in [3.8, 4) is 0 Å². The summed E-state index contributed by atoms with van der Waals surface area (Å²) in [4.78, 5) is 66.5. The minimum atomic E-state index is -0.873. The van der Waals surface area contributed by atoms with Gasteiger partial charge < -0.3 is 20.9 Å². The highest BCUT2D eigenvalue weighted by molar-refractivity contribution is 6.38. The number of nitrogens with one attached hydrogen (secondary N) is 3. The van der Waals surface area contributed by atoms with Crippen LogP contribution in [-0.4, -0.2) is 64.5 Å². The highest BCUT2D eigenvalue weighted by atomic mass is 16.2. The van der Waals surface area contributed by atoms with Crippen molar-refractivity contribution < 1.29 is 24.0 Å². The lowest BCUT2D eigenvalue weighted by atomic mass is 9.79. The van der Waals surface area contributed by atoms with Gasteiger partial charge in [-0.3, -0.25) is 19.2 Å². The summed E-state index contributed by atoms with van der Waals surface area (Å²) in [6.45, 7) is 17.0. The van der Waals surface area contributed by atoms with Crippen LogP contribution in [0.25, 0.3) is 0 Å². The molecule has 1 heterocycles. The van der Waals surface area contributed by atoms with Gasteiger partial charge in [0.25, 0.3) is 0 Å². The number of carbonyl (C=O) groups excluding carboxylic acids is 5. The minimum absolute atomic E-state index is 0.0442. The zero-order valence-corrected chi connectivity index (χ0v) is 24.0. The first-order valence-electron chi connectivity index (χ1n) is 13.6. The van der Waals surface area contributed by atoms with Crippen molar-refractivity contribution >= 4 is 29.4 Å². The van der Waals surface area contributed by atoms with E-state index in [-0.39, 0.29) is 23.2 Å². The number of piperidine rings is 1. The number of rotatable bonds is 8. The van der Waals surface area contributed by atoms with Gasteiger partial charge in [0.05, 0.1) is 6.04 Å². The fourth-order valence-corrected chi connectivity index (χ4v) is 5.93. The van der Waals surface area contributed by atoms with Gasteiger partial charge in [-0.05, 0) is 55.8 Å². The molecule has 4 amide bonds. The molecule has 1 aliphatic heterocycles. The van der Waals surface area contributed by atoms with Crippen LogP contribution in [0.3, 0.4) is 0 Å². The second kappa shape index (κ2) is 10.0. The van der Waals surface area contributed by atoms with E-state index in [2.05, 4.69) is 29.8 Å². The third-order valence-electron chi connectivity index (χ3n) is 8.41. The normalized spacial score (nSPS) is 26.3. The first-order valence-corrected chi connectivity index (χ1v) is 13.6. The standard InChI is InChI=1S/C28H46N4O5/c1-15(33)21(34)18(13-16-11-10-12-16)29-23(35)20-19-17(28(19,8)9)14-32(20)24(36)22(26(2,3)4)30-25(37)31-27(5,6)7/h16-20,22H,10-14H2,1-9H3,(H,29,35)(H2,30,31,37)/t17?,18?,19-,20-,22+/m0/s1. The molecule has 9 heteroatoms. The zero-order valence-electron chi connectivity index (χ0n) is 24.0. The highest BCUT2D eigenvalue weighted by Crippen LogP contribution is 2.65. The molecule has 2 saturated carbocycles. The Morgan fingerprint density at radius 3 is 2.03 bits per heavy atom. The van der Waals surface area contributed by atoms with Crippen molar-refractivity contribution in [2.75, 3.05) is 6.54 Å². The number of hydrogen-bond acceptors (Lipinski definition) is 5. The van der Waals surface area contributed by atoms with Crippen molar-refractivity contribution in [2.24, 2.45) is 28.6 Å². The molecule has 0 aromatic rings. The van der Waals surface area contributed by atoms with Crippen LogP contribution in [0.4, 0.5) is 4.79 Å². The molecule has 1 saturated heterocycles. The number of nitrogens with zero attached hydrogens (tertiary/aromatic N) is 1. The van der Waals surface area contributed by atoms with Gasteiger partial charge in [0, 0.05) is 19.0 Å². The Morgan fingerprint density at radius 1 is 0.973 bits per heavy atom. The summed E-state index contributed by atoms with van der Waals surface area (Å²) in [5.74, 6) is -1.44. The number of ketones is 2. The molecule has 0 spiro atoms. The molecule has 3 N–H and O–H groups in total. The quantitative estimate of drug-likeness (QED) is 0.426. The fourth-order valence-electron chi connectivity index (χ4n) is 5.93. The largest absolute Gasteiger partial charge is 0.344 e. The lowest BCUT2D eigenvalue weighted by molar-refractivity contribution is -0.145. The molecule has 37 heavy (non-hydrogen) atoms. The van der Waals surface area contributed by atoms with Gasteiger partial charge in [-0.1, -0.05) is 53.9 Å². The molecule has 2 unspecified atom stereocenters. The first kappa shape index (κ1) is 29.1. The Labute approximate surface area is 221 Å². The monoisotopic (exact) mass is 518 g/mol. The van der Waals surface area contributed by atoms with Gasteiger partial charge in [-0.25, -0.2) is 4.79 Å². The minimum Gasteiger partial charge on any atom is -0.344 e. The van der Waals surface area contributed by atoms with E-state index in [0.29, 0.717) is 18.9 Å². The summed E-state index contributed by atoms with van der Waals surface area (Å²) in [5.41, 5.74) is -1.19. The second-order valence-electron chi connectivity index (χ2n) is 14.1. The Kier molecular flexibility index (Phi) is 7.89. The Hall–Kier alpha value is -2.45. The molecule has 3 rings (SSSR count). The van der Waals surface area contributed by atoms with Crippen LogP contribution in [0.15, 0.2) is 0 Å². The van der Waals surface area contributed by atoms with Gasteiger partial charge in [-0.15, -0.1) is 0 Å². The molecule has 5 atom stereocenters. The summed E-state index contributed by atoms with van der Waals surface area (Å²) >= 11 is 0. The SMILES string of the molecule is CC(=O)C(=O)C(CC1CCC1)NC(=O)[C@@H]1[C@@H]2C(CN1C(=O)[C@@H](NC(=O)NC(C)(C)C)C(C)(C)C)C2(C)C. The summed E-state index contributed by atoms with van der Waals surface area (Å²) in [6, 6.07) is -2.93. The highest BCUT2D eigenvalue weighted by Gasteiger charge is 2.70. The fraction of sp³-hybridized carbons (Fsp3) is 0.821. The third-order valence-corrected chi connectivity index (χ3v) is 8.41. The van der Waals surface area contributed by atoms with E-state index in [1.807, 2.05) is 41.5 Å². The van der Waals surface area contributed by atoms with E-state index >= 15 is 0 Å². The molecule has 3 fully saturated rings. The average molecular weight is 519 g/mol. The molecule has 0 bridgehead atoms. The van der Waals surface area contributed by atoms with Crippen LogP contribution in [-0.2, 0) is 19.2 Å². The lowest BCUT2D eigenvalue weighted by Crippen LogP contribution is -2.62. The van der Waals surface area contributed by atoms with Gasteiger partial charge >= 0.3 is 6.03 Å². The van der Waals surface area contributed by atoms with Crippen LogP contribution < -0.4 is 16.0 Å². The summed E-state index contributed by atoms with van der Waals surface area (Å²) < 4.78 is 0. The van der Waals surface area contributed by atoms with E-state index in [9.17, 15) is 24.0 Å². The number of carbonyl (C=O) groups is 5. The molecule has 3 aliphatic rings. The number of urea groups is 1. The second-order valence-corrected chi connectivity index (χ2v) is 14.1. The van der Waals surface area contributed by atoms with Gasteiger partial charge in [0.1, 0.15) is 12.1 Å². The summed E-state index contributed by atoms with van der Waals surface area (Å²) in [6.07, 6.45) is 3.51. The maximum Gasteiger partial charge on any atom is 0.315 e. The predicted molar refractivity (Wildman–Crippen MR) is 141 cm³/mol. The third kappa shape index (κ3) is 6.34. The molecular weight excluding hydrogens is 472 g/mol. The van der Waals surface area contributed by atoms with Crippen LogP contribution >= 0.6 is 0 Å². The number of Topliss-reactive ketones (excluding diaryl/α,β-unsaturated/α-hetero) is 2. The van der Waals surface area contributed by atoms with Crippen LogP contribution in [0, 0.1) is 28.6 Å². The van der Waals surface area contributed by atoms with E-state index in [1.54, 1.807) is 4.90 Å². The van der Waals surface area contributed by atoms with Crippen molar-refractivity contribution in [1.82, 2.24) is 20.9 Å². The number of hydrogen-bond donors (Lipinski definition) is 3. The van der Waals surface area contributed by atoms with Gasteiger partial charge in [0.15, 0.2) is 5.78 Å². The molecular formula is C28H46N4O5. The molecule has 2 aliphatic carbocycles. The van der Waals surface area contributed by atoms with E-state index in [0.717, 1.165) is 19.3 Å². The zero-order chi connectivity index (χ0) is 28.1. The molecule has 0 radical (unpaired) electrons. The topological polar surface area (TPSA) is 125 Å². The summed E-state index contributed by atoms with van der Waals surface area (Å²) in [5, 5.41) is 8.55. The maximum absolute atomic E-state index is 13.9. The van der Waals surface area contributed by atoms with Gasteiger partial charge in [0.2, 0.25) is 17.6 Å². The van der Waals surface area contributed by atoms with Crippen LogP contribution in [0.5, 0.6) is 0 Å². The number of likely N-dealkylation sites (tertiary alicyclic amines) is 1. The summed E-state index contributed by atoms with van der Waals surface area (Å²) in [7, 11) is 0. The van der Waals surface area contributed by atoms with Crippen LogP contribution in [0.2, 0.25) is 0 Å². The van der Waals surface area contributed by atoms with E-state index in [4.69, 9.17) is 0 Å². The Balaban J connectivity index is 1.83. The molecule has 208 valence electrons. The van der Waals surface area contributed by atoms with Crippen molar-refractivity contribution in [2.45, 2.75) is 112 Å². The molecule has 0 aromatic carbocycles. The first-order chi connectivity index (χ1) is 16.8. The number of fused-ring (bicyclic) bond motifs is 1. The number of amides is 4. The molecule has 0 aromatic heterocycles. The van der Waals surface area contributed by atoms with Crippen molar-refractivity contribution in [1.29, 1.82) is 0 Å². The van der Waals surface area contributed by atoms with Gasteiger partial charge in [-0.2, -0.15) is 0 Å². The average Bonchev–Trinajstić information content (AvgIpc) is 3.06. The van der Waals surface area contributed by atoms with Crippen molar-refractivity contribution in [3.63, 3.8) is 0 Å².